The highest BCUT2D eigenvalue weighted by atomic mass is 32.1. The summed E-state index contributed by atoms with van der Waals surface area (Å²) in [5, 5.41) is 14.4. The van der Waals surface area contributed by atoms with Crippen LogP contribution in [-0.4, -0.2) is 21.2 Å². The zero-order valence-electron chi connectivity index (χ0n) is 15.6. The van der Waals surface area contributed by atoms with E-state index in [2.05, 4.69) is 27.4 Å². The molecule has 2 aromatic heterocycles. The lowest BCUT2D eigenvalue weighted by Crippen LogP contribution is -2.25. The van der Waals surface area contributed by atoms with Crippen molar-refractivity contribution in [2.24, 2.45) is 0 Å². The van der Waals surface area contributed by atoms with Crippen molar-refractivity contribution in [1.29, 1.82) is 0 Å². The van der Waals surface area contributed by atoms with Crippen LogP contribution in [0.3, 0.4) is 0 Å². The Morgan fingerprint density at radius 3 is 2.68 bits per heavy atom. The molecule has 0 saturated heterocycles. The van der Waals surface area contributed by atoms with Crippen LogP contribution in [0.2, 0.25) is 0 Å². The molecule has 0 radical (unpaired) electrons. The van der Waals surface area contributed by atoms with Crippen molar-refractivity contribution < 1.29 is 9.84 Å². The Bertz CT molecular complexity index is 969. The molecule has 28 heavy (non-hydrogen) atoms. The summed E-state index contributed by atoms with van der Waals surface area (Å²) in [5.74, 6) is 1.47. The molecule has 0 amide bonds. The van der Waals surface area contributed by atoms with Crippen LogP contribution in [-0.2, 0) is 6.42 Å². The fourth-order valence-corrected chi connectivity index (χ4v) is 4.77. The van der Waals surface area contributed by atoms with Crippen molar-refractivity contribution in [3.63, 3.8) is 0 Å². The molecule has 1 unspecified atom stereocenters. The smallest absolute Gasteiger partial charge is 0.188 e. The average molecular weight is 394 g/mol. The molecule has 1 atom stereocenters. The van der Waals surface area contributed by atoms with Gasteiger partial charge in [-0.15, -0.1) is 11.3 Å². The third kappa shape index (κ3) is 3.38. The Balaban J connectivity index is 1.51. The fraction of sp³-hybridized carbons (Fsp3) is 0.364. The van der Waals surface area contributed by atoms with Crippen LogP contribution in [0.4, 0.5) is 10.9 Å². The van der Waals surface area contributed by atoms with E-state index in [0.29, 0.717) is 5.82 Å². The van der Waals surface area contributed by atoms with E-state index in [-0.39, 0.29) is 6.10 Å². The highest BCUT2D eigenvalue weighted by molar-refractivity contribution is 7.15. The molecule has 1 saturated carbocycles. The molecular weight excluding hydrogens is 370 g/mol. The first-order chi connectivity index (χ1) is 13.8. The minimum atomic E-state index is -0.454. The van der Waals surface area contributed by atoms with Gasteiger partial charge in [-0.1, -0.05) is 30.3 Å². The summed E-state index contributed by atoms with van der Waals surface area (Å²) in [6.45, 7) is 0. The Kier molecular flexibility index (Phi) is 4.74. The SMILES string of the molecule is OC1CCCc2sc(Nc3nccc(-c4ccccc4)c3OC3CCC3)nc21. The van der Waals surface area contributed by atoms with Crippen LogP contribution in [0.25, 0.3) is 11.1 Å². The number of aromatic nitrogens is 2. The van der Waals surface area contributed by atoms with Crippen molar-refractivity contribution in [1.82, 2.24) is 9.97 Å². The molecule has 0 bridgehead atoms. The molecule has 3 aromatic rings. The number of pyridine rings is 1. The van der Waals surface area contributed by atoms with E-state index in [1.165, 1.54) is 11.3 Å². The van der Waals surface area contributed by atoms with Crippen molar-refractivity contribution in [2.45, 2.75) is 50.7 Å². The molecule has 0 aliphatic heterocycles. The second kappa shape index (κ2) is 7.53. The van der Waals surface area contributed by atoms with Crippen LogP contribution < -0.4 is 10.1 Å². The number of benzene rings is 1. The number of aliphatic hydroxyl groups is 1. The first kappa shape index (κ1) is 17.6. The van der Waals surface area contributed by atoms with Crippen LogP contribution in [0.5, 0.6) is 5.75 Å². The van der Waals surface area contributed by atoms with Gasteiger partial charge in [0.25, 0.3) is 0 Å². The summed E-state index contributed by atoms with van der Waals surface area (Å²) < 4.78 is 6.36. The molecule has 2 N–H and O–H groups in total. The monoisotopic (exact) mass is 393 g/mol. The van der Waals surface area contributed by atoms with Crippen molar-refractivity contribution >= 4 is 22.3 Å². The van der Waals surface area contributed by atoms with Gasteiger partial charge in [-0.25, -0.2) is 9.97 Å². The normalized spacial score (nSPS) is 19.0. The van der Waals surface area contributed by atoms with Gasteiger partial charge in [0.15, 0.2) is 16.7 Å². The van der Waals surface area contributed by atoms with Gasteiger partial charge in [0.2, 0.25) is 0 Å². The number of rotatable bonds is 5. The summed E-state index contributed by atoms with van der Waals surface area (Å²) in [6.07, 6.45) is 7.76. The number of ether oxygens (including phenoxy) is 1. The lowest BCUT2D eigenvalue weighted by Gasteiger charge is -2.28. The maximum absolute atomic E-state index is 10.2. The first-order valence-corrected chi connectivity index (χ1v) is 10.8. The Labute approximate surface area is 168 Å². The number of hydrogen-bond acceptors (Lipinski definition) is 6. The highest BCUT2D eigenvalue weighted by Gasteiger charge is 2.26. The minimum Gasteiger partial charge on any atom is -0.486 e. The van der Waals surface area contributed by atoms with Gasteiger partial charge in [0, 0.05) is 16.6 Å². The summed E-state index contributed by atoms with van der Waals surface area (Å²) >= 11 is 1.61. The van der Waals surface area contributed by atoms with E-state index in [1.807, 2.05) is 24.3 Å². The van der Waals surface area contributed by atoms with Gasteiger partial charge < -0.3 is 15.2 Å². The molecule has 2 aliphatic rings. The van der Waals surface area contributed by atoms with E-state index in [4.69, 9.17) is 4.74 Å². The molecule has 5 nitrogen and oxygen atoms in total. The molecule has 1 aromatic carbocycles. The molecule has 144 valence electrons. The van der Waals surface area contributed by atoms with Gasteiger partial charge >= 0.3 is 0 Å². The van der Waals surface area contributed by atoms with Crippen molar-refractivity contribution in [3.05, 3.63) is 53.2 Å². The van der Waals surface area contributed by atoms with Crippen LogP contribution >= 0.6 is 11.3 Å². The van der Waals surface area contributed by atoms with Gasteiger partial charge in [-0.05, 0) is 50.2 Å². The maximum Gasteiger partial charge on any atom is 0.188 e. The fourth-order valence-electron chi connectivity index (χ4n) is 3.71. The number of aliphatic hydroxyl groups excluding tert-OH is 1. The van der Waals surface area contributed by atoms with Crippen molar-refractivity contribution in [3.8, 4) is 16.9 Å². The van der Waals surface area contributed by atoms with Crippen molar-refractivity contribution in [2.75, 3.05) is 5.32 Å². The zero-order valence-corrected chi connectivity index (χ0v) is 16.4. The summed E-state index contributed by atoms with van der Waals surface area (Å²) in [6, 6.07) is 12.3. The molecule has 6 heteroatoms. The topological polar surface area (TPSA) is 67.3 Å². The number of anilines is 2. The van der Waals surface area contributed by atoms with Crippen LogP contribution in [0.15, 0.2) is 42.6 Å². The molecule has 1 fully saturated rings. The summed E-state index contributed by atoms with van der Waals surface area (Å²) in [5.41, 5.74) is 2.96. The number of nitrogens with one attached hydrogen (secondary N) is 1. The Hall–Kier alpha value is -2.44. The molecule has 2 aliphatic carbocycles. The second-order valence-corrected chi connectivity index (χ2v) is 8.52. The quantitative estimate of drug-likeness (QED) is 0.620. The number of thiazole rings is 1. The zero-order chi connectivity index (χ0) is 18.9. The average Bonchev–Trinajstić information content (AvgIpc) is 3.10. The Morgan fingerprint density at radius 2 is 1.93 bits per heavy atom. The number of fused-ring (bicyclic) bond motifs is 1. The number of hydrogen-bond donors (Lipinski definition) is 2. The number of aryl methyl sites for hydroxylation is 1. The maximum atomic E-state index is 10.2. The second-order valence-electron chi connectivity index (χ2n) is 7.43. The lowest BCUT2D eigenvalue weighted by atomic mass is 9.96. The highest BCUT2D eigenvalue weighted by Crippen LogP contribution is 2.41. The van der Waals surface area contributed by atoms with Gasteiger partial charge in [-0.2, -0.15) is 0 Å². The lowest BCUT2D eigenvalue weighted by molar-refractivity contribution is 0.121. The summed E-state index contributed by atoms with van der Waals surface area (Å²) in [4.78, 5) is 10.4. The molecular formula is C22H23N3O2S. The first-order valence-electron chi connectivity index (χ1n) is 9.93. The molecule has 2 heterocycles. The number of nitrogens with zero attached hydrogens (tertiary/aromatic N) is 2. The molecule has 0 spiro atoms. The van der Waals surface area contributed by atoms with E-state index in [9.17, 15) is 5.11 Å². The van der Waals surface area contributed by atoms with E-state index in [1.54, 1.807) is 17.5 Å². The Morgan fingerprint density at radius 1 is 1.07 bits per heavy atom. The predicted molar refractivity (Wildman–Crippen MR) is 111 cm³/mol. The predicted octanol–water partition coefficient (Wildman–Crippen LogP) is 5.25. The van der Waals surface area contributed by atoms with E-state index in [0.717, 1.165) is 59.8 Å². The minimum absolute atomic E-state index is 0.249. The molecule has 5 rings (SSSR count). The van der Waals surface area contributed by atoms with Gasteiger partial charge in [0.1, 0.15) is 0 Å². The van der Waals surface area contributed by atoms with Gasteiger partial charge in [0.05, 0.1) is 17.9 Å². The summed E-state index contributed by atoms with van der Waals surface area (Å²) in [7, 11) is 0. The van der Waals surface area contributed by atoms with E-state index >= 15 is 0 Å². The van der Waals surface area contributed by atoms with E-state index < -0.39 is 6.10 Å². The van der Waals surface area contributed by atoms with Crippen LogP contribution in [0.1, 0.15) is 48.8 Å². The standard InChI is InChI=1S/C22H23N3O2S/c26-17-10-5-11-18-19(17)24-22(28-18)25-21-20(27-15-8-4-9-15)16(12-13-23-21)14-6-2-1-3-7-14/h1-3,6-7,12-13,15,17,26H,4-5,8-11H2,(H,23,24,25). The third-order valence-corrected chi connectivity index (χ3v) is 6.52. The third-order valence-electron chi connectivity index (χ3n) is 5.48. The largest absolute Gasteiger partial charge is 0.486 e. The van der Waals surface area contributed by atoms with Crippen LogP contribution in [0, 0.1) is 0 Å². The van der Waals surface area contributed by atoms with Gasteiger partial charge in [-0.3, -0.25) is 0 Å².